The molecule has 2 rings (SSSR count). The van der Waals surface area contributed by atoms with E-state index in [2.05, 4.69) is 26.0 Å². The first-order chi connectivity index (χ1) is 12.2. The van der Waals surface area contributed by atoms with Crippen LogP contribution in [0.5, 0.6) is 0 Å². The van der Waals surface area contributed by atoms with E-state index in [1.54, 1.807) is 13.0 Å². The van der Waals surface area contributed by atoms with Crippen LogP contribution in [0.1, 0.15) is 34.8 Å². The number of halogens is 1. The van der Waals surface area contributed by atoms with Crippen LogP contribution in [-0.4, -0.2) is 34.6 Å². The van der Waals surface area contributed by atoms with Crippen molar-refractivity contribution in [1.82, 2.24) is 10.0 Å². The van der Waals surface area contributed by atoms with Crippen molar-refractivity contribution >= 4 is 31.9 Å². The maximum Gasteiger partial charge on any atom is 0.253 e. The van der Waals surface area contributed by atoms with Crippen LogP contribution in [0.4, 0.5) is 0 Å². The van der Waals surface area contributed by atoms with Gasteiger partial charge in [0.05, 0.1) is 23.1 Å². The summed E-state index contributed by atoms with van der Waals surface area (Å²) in [7, 11) is -2.25. The van der Waals surface area contributed by atoms with Gasteiger partial charge in [0.1, 0.15) is 11.5 Å². The third kappa shape index (κ3) is 5.16. The van der Waals surface area contributed by atoms with Gasteiger partial charge in [-0.05, 0) is 60.1 Å². The number of carbonyl (C=O) groups is 1. The Labute approximate surface area is 161 Å². The van der Waals surface area contributed by atoms with E-state index < -0.39 is 15.9 Å². The Morgan fingerprint density at radius 1 is 1.31 bits per heavy atom. The van der Waals surface area contributed by atoms with E-state index in [-0.39, 0.29) is 29.7 Å². The molecule has 2 N–H and O–H groups in total. The molecule has 0 saturated heterocycles. The van der Waals surface area contributed by atoms with Crippen LogP contribution in [0.2, 0.25) is 0 Å². The van der Waals surface area contributed by atoms with Crippen LogP contribution in [-0.2, 0) is 14.8 Å². The zero-order valence-corrected chi connectivity index (χ0v) is 17.1. The summed E-state index contributed by atoms with van der Waals surface area (Å²) in [5, 5.41) is 2.80. The third-order valence-electron chi connectivity index (χ3n) is 3.63. The summed E-state index contributed by atoms with van der Waals surface area (Å²) in [5.74, 6) is 0.960. The van der Waals surface area contributed by atoms with Crippen LogP contribution < -0.4 is 10.0 Å². The molecule has 0 saturated carbocycles. The molecule has 2 aromatic rings. The summed E-state index contributed by atoms with van der Waals surface area (Å²) in [5.41, 5.74) is 0.217. The highest BCUT2D eigenvalue weighted by molar-refractivity contribution is 9.10. The number of ether oxygens (including phenoxy) is 1. The molecule has 0 aliphatic heterocycles. The normalized spacial score (nSPS) is 12.8. The Hall–Kier alpha value is -1.68. The number of hydrogen-bond donors (Lipinski definition) is 2. The first kappa shape index (κ1) is 20.6. The van der Waals surface area contributed by atoms with Crippen molar-refractivity contribution in [3.05, 3.63) is 51.9 Å². The molecule has 0 fully saturated rings. The van der Waals surface area contributed by atoms with Gasteiger partial charge in [-0.1, -0.05) is 0 Å². The monoisotopic (exact) mass is 444 g/mol. The fourth-order valence-corrected chi connectivity index (χ4v) is 3.70. The van der Waals surface area contributed by atoms with Crippen molar-refractivity contribution in [2.45, 2.75) is 24.8 Å². The Balaban J connectivity index is 2.19. The van der Waals surface area contributed by atoms with E-state index in [1.807, 2.05) is 13.0 Å². The molecule has 7 nitrogen and oxygen atoms in total. The van der Waals surface area contributed by atoms with Crippen LogP contribution in [0.15, 0.2) is 44.1 Å². The lowest BCUT2D eigenvalue weighted by Gasteiger charge is -2.14. The van der Waals surface area contributed by atoms with Crippen molar-refractivity contribution in [3.8, 4) is 0 Å². The molecule has 0 spiro atoms. The predicted molar refractivity (Wildman–Crippen MR) is 101 cm³/mol. The van der Waals surface area contributed by atoms with E-state index >= 15 is 0 Å². The number of methoxy groups -OCH3 is 1. The molecular weight excluding hydrogens is 424 g/mol. The molecule has 26 heavy (non-hydrogen) atoms. The number of benzene rings is 1. The SMILES string of the molecule is COCCNS(=O)(=O)c1ccc(Br)c(C(=O)NC(C)c2ccc(C)o2)c1. The summed E-state index contributed by atoms with van der Waals surface area (Å²) in [6, 6.07) is 7.52. The number of hydrogen-bond acceptors (Lipinski definition) is 5. The molecule has 1 heterocycles. The largest absolute Gasteiger partial charge is 0.464 e. The summed E-state index contributed by atoms with van der Waals surface area (Å²) in [6.07, 6.45) is 0. The highest BCUT2D eigenvalue weighted by atomic mass is 79.9. The zero-order chi connectivity index (χ0) is 19.3. The molecule has 9 heteroatoms. The first-order valence-corrected chi connectivity index (χ1v) is 10.2. The van der Waals surface area contributed by atoms with Crippen LogP contribution in [0.25, 0.3) is 0 Å². The maximum atomic E-state index is 12.6. The molecule has 1 atom stereocenters. The molecule has 1 aromatic carbocycles. The summed E-state index contributed by atoms with van der Waals surface area (Å²) < 4.78 is 37.9. The first-order valence-electron chi connectivity index (χ1n) is 7.90. The van der Waals surface area contributed by atoms with Gasteiger partial charge >= 0.3 is 0 Å². The molecule has 0 aliphatic carbocycles. The van der Waals surface area contributed by atoms with Crippen molar-refractivity contribution in [2.75, 3.05) is 20.3 Å². The zero-order valence-electron chi connectivity index (χ0n) is 14.7. The van der Waals surface area contributed by atoms with Gasteiger partial charge < -0.3 is 14.5 Å². The van der Waals surface area contributed by atoms with Crippen molar-refractivity contribution in [2.24, 2.45) is 0 Å². The van der Waals surface area contributed by atoms with E-state index in [4.69, 9.17) is 9.15 Å². The minimum atomic E-state index is -3.73. The van der Waals surface area contributed by atoms with E-state index in [1.165, 1.54) is 25.3 Å². The lowest BCUT2D eigenvalue weighted by Crippen LogP contribution is -2.29. The van der Waals surface area contributed by atoms with Gasteiger partial charge in [0, 0.05) is 18.1 Å². The summed E-state index contributed by atoms with van der Waals surface area (Å²) >= 11 is 3.29. The number of nitrogens with one attached hydrogen (secondary N) is 2. The van der Waals surface area contributed by atoms with Gasteiger partial charge in [0.2, 0.25) is 10.0 Å². The molecule has 0 radical (unpaired) electrons. The predicted octanol–water partition coefficient (Wildman–Crippen LogP) is 2.77. The average molecular weight is 445 g/mol. The van der Waals surface area contributed by atoms with Crippen LogP contribution in [0, 0.1) is 6.92 Å². The molecular formula is C17H21BrN2O5S. The molecule has 1 unspecified atom stereocenters. The lowest BCUT2D eigenvalue weighted by atomic mass is 10.2. The Morgan fingerprint density at radius 2 is 2.04 bits per heavy atom. The highest BCUT2D eigenvalue weighted by Gasteiger charge is 2.20. The maximum absolute atomic E-state index is 12.6. The van der Waals surface area contributed by atoms with Crippen molar-refractivity contribution in [3.63, 3.8) is 0 Å². The van der Waals surface area contributed by atoms with Crippen LogP contribution >= 0.6 is 15.9 Å². The Bertz CT molecular complexity index is 879. The van der Waals surface area contributed by atoms with E-state index in [0.717, 1.165) is 5.76 Å². The number of carbonyl (C=O) groups excluding carboxylic acids is 1. The van der Waals surface area contributed by atoms with E-state index in [9.17, 15) is 13.2 Å². The number of rotatable bonds is 8. The number of aryl methyl sites for hydroxylation is 1. The van der Waals surface area contributed by atoms with Gasteiger partial charge in [-0.25, -0.2) is 13.1 Å². The lowest BCUT2D eigenvalue weighted by molar-refractivity contribution is 0.0934. The molecule has 0 bridgehead atoms. The van der Waals surface area contributed by atoms with Gasteiger partial charge in [-0.2, -0.15) is 0 Å². The minimum Gasteiger partial charge on any atom is -0.464 e. The average Bonchev–Trinajstić information content (AvgIpc) is 3.01. The third-order valence-corrected chi connectivity index (χ3v) is 5.78. The van der Waals surface area contributed by atoms with Gasteiger partial charge in [0.25, 0.3) is 5.91 Å². The molecule has 0 aliphatic rings. The summed E-state index contributed by atoms with van der Waals surface area (Å²) in [6.45, 7) is 4.00. The van der Waals surface area contributed by atoms with Crippen molar-refractivity contribution < 1.29 is 22.4 Å². The van der Waals surface area contributed by atoms with Gasteiger partial charge in [-0.15, -0.1) is 0 Å². The minimum absolute atomic E-state index is 0.00319. The smallest absolute Gasteiger partial charge is 0.253 e. The fraction of sp³-hybridized carbons (Fsp3) is 0.353. The number of furan rings is 1. The number of sulfonamides is 1. The van der Waals surface area contributed by atoms with Gasteiger partial charge in [0.15, 0.2) is 0 Å². The quantitative estimate of drug-likeness (QED) is 0.609. The molecule has 1 aromatic heterocycles. The topological polar surface area (TPSA) is 97.6 Å². The van der Waals surface area contributed by atoms with Crippen molar-refractivity contribution in [1.29, 1.82) is 0 Å². The fourth-order valence-electron chi connectivity index (χ4n) is 2.24. The second-order valence-corrected chi connectivity index (χ2v) is 8.30. The van der Waals surface area contributed by atoms with E-state index in [0.29, 0.717) is 10.2 Å². The molecule has 1 amide bonds. The standard InChI is InChI=1S/C17H21BrN2O5S/c1-11-4-7-16(25-11)12(2)20-17(21)14-10-13(5-6-15(14)18)26(22,23)19-8-9-24-3/h4-7,10,12,19H,8-9H2,1-3H3,(H,20,21). The second kappa shape index (κ2) is 8.81. The Kier molecular flexibility index (Phi) is 6.99. The molecule has 142 valence electrons. The Morgan fingerprint density at radius 3 is 2.65 bits per heavy atom. The summed E-state index contributed by atoms with van der Waals surface area (Å²) in [4.78, 5) is 12.6. The second-order valence-electron chi connectivity index (χ2n) is 5.68. The van der Waals surface area contributed by atoms with Crippen LogP contribution in [0.3, 0.4) is 0 Å². The number of amides is 1. The highest BCUT2D eigenvalue weighted by Crippen LogP contribution is 2.23. The van der Waals surface area contributed by atoms with Gasteiger partial charge in [-0.3, -0.25) is 4.79 Å².